The second-order valence-electron chi connectivity index (χ2n) is 3.84. The van der Waals surface area contributed by atoms with Crippen LogP contribution in [0.4, 0.5) is 5.69 Å². The summed E-state index contributed by atoms with van der Waals surface area (Å²) in [5.74, 6) is 0.665. The van der Waals surface area contributed by atoms with Crippen molar-refractivity contribution in [1.82, 2.24) is 0 Å². The number of isocyanates is 1. The Labute approximate surface area is 99.1 Å². The molecule has 3 nitrogen and oxygen atoms in total. The van der Waals surface area contributed by atoms with Gasteiger partial charge in [-0.15, -0.1) is 0 Å². The van der Waals surface area contributed by atoms with Gasteiger partial charge in [-0.1, -0.05) is 11.6 Å². The lowest BCUT2D eigenvalue weighted by Crippen LogP contribution is -2.10. The Morgan fingerprint density at radius 3 is 2.75 bits per heavy atom. The molecule has 0 saturated heterocycles. The van der Waals surface area contributed by atoms with Crippen molar-refractivity contribution >= 4 is 23.4 Å². The van der Waals surface area contributed by atoms with Crippen LogP contribution in [0.15, 0.2) is 23.2 Å². The van der Waals surface area contributed by atoms with Crippen molar-refractivity contribution in [2.75, 3.05) is 0 Å². The van der Waals surface area contributed by atoms with Crippen LogP contribution in [0.25, 0.3) is 0 Å². The third kappa shape index (κ3) is 2.63. The van der Waals surface area contributed by atoms with Crippen molar-refractivity contribution in [1.29, 1.82) is 0 Å². The Kier molecular flexibility index (Phi) is 3.60. The molecule has 1 aliphatic rings. The topological polar surface area (TPSA) is 38.7 Å². The minimum absolute atomic E-state index is 0.276. The Morgan fingerprint density at radius 2 is 2.12 bits per heavy atom. The zero-order chi connectivity index (χ0) is 11.4. The standard InChI is InChI=1S/C12H12ClNO2/c13-11-7-9(14-8-15)5-6-12(11)16-10-3-1-2-4-10/h5-7,10H,1-4H2. The van der Waals surface area contributed by atoms with Gasteiger partial charge in [0.05, 0.1) is 16.8 Å². The number of halogens is 1. The van der Waals surface area contributed by atoms with Crippen molar-refractivity contribution in [3.8, 4) is 5.75 Å². The molecule has 2 rings (SSSR count). The van der Waals surface area contributed by atoms with E-state index in [1.807, 2.05) is 0 Å². The van der Waals surface area contributed by atoms with Crippen LogP contribution in [0, 0.1) is 0 Å². The monoisotopic (exact) mass is 237 g/mol. The third-order valence-electron chi connectivity index (χ3n) is 2.69. The average Bonchev–Trinajstić information content (AvgIpc) is 2.75. The Hall–Kier alpha value is -1.31. The highest BCUT2D eigenvalue weighted by Crippen LogP contribution is 2.32. The van der Waals surface area contributed by atoms with E-state index in [2.05, 4.69) is 4.99 Å². The van der Waals surface area contributed by atoms with Crippen LogP contribution in [0.1, 0.15) is 25.7 Å². The number of nitrogens with zero attached hydrogens (tertiary/aromatic N) is 1. The average molecular weight is 238 g/mol. The second-order valence-corrected chi connectivity index (χ2v) is 4.25. The van der Waals surface area contributed by atoms with Crippen LogP contribution in [0.5, 0.6) is 5.75 Å². The van der Waals surface area contributed by atoms with Crippen LogP contribution in [0.3, 0.4) is 0 Å². The van der Waals surface area contributed by atoms with Gasteiger partial charge in [0.1, 0.15) is 5.75 Å². The van der Waals surface area contributed by atoms with E-state index in [0.29, 0.717) is 16.5 Å². The highest BCUT2D eigenvalue weighted by molar-refractivity contribution is 6.32. The summed E-state index contributed by atoms with van der Waals surface area (Å²) < 4.78 is 5.77. The molecular weight excluding hydrogens is 226 g/mol. The SMILES string of the molecule is O=C=Nc1ccc(OC2CCCC2)c(Cl)c1. The van der Waals surface area contributed by atoms with Crippen LogP contribution >= 0.6 is 11.6 Å². The van der Waals surface area contributed by atoms with Crippen LogP contribution in [0.2, 0.25) is 5.02 Å². The number of aliphatic imine (C=N–C) groups is 1. The first-order valence-electron chi connectivity index (χ1n) is 5.33. The molecule has 0 atom stereocenters. The van der Waals surface area contributed by atoms with Crippen molar-refractivity contribution in [2.45, 2.75) is 31.8 Å². The zero-order valence-electron chi connectivity index (χ0n) is 8.78. The van der Waals surface area contributed by atoms with Gasteiger partial charge in [-0.05, 0) is 43.9 Å². The molecule has 0 aliphatic heterocycles. The largest absolute Gasteiger partial charge is 0.489 e. The Morgan fingerprint density at radius 1 is 1.38 bits per heavy atom. The summed E-state index contributed by atoms with van der Waals surface area (Å²) in [6.07, 6.45) is 6.37. The van der Waals surface area contributed by atoms with Gasteiger partial charge in [0.25, 0.3) is 0 Å². The minimum atomic E-state index is 0.276. The van der Waals surface area contributed by atoms with Gasteiger partial charge < -0.3 is 4.74 Å². The second kappa shape index (κ2) is 5.15. The maximum Gasteiger partial charge on any atom is 0.240 e. The fourth-order valence-corrected chi connectivity index (χ4v) is 2.11. The van der Waals surface area contributed by atoms with Gasteiger partial charge in [0.15, 0.2) is 0 Å². The molecule has 1 saturated carbocycles. The molecule has 16 heavy (non-hydrogen) atoms. The highest BCUT2D eigenvalue weighted by Gasteiger charge is 2.17. The molecule has 1 aliphatic carbocycles. The van der Waals surface area contributed by atoms with Gasteiger partial charge >= 0.3 is 0 Å². The first-order valence-corrected chi connectivity index (χ1v) is 5.71. The van der Waals surface area contributed by atoms with Crippen molar-refractivity contribution in [3.63, 3.8) is 0 Å². The van der Waals surface area contributed by atoms with E-state index in [0.717, 1.165) is 12.8 Å². The minimum Gasteiger partial charge on any atom is -0.489 e. The molecule has 0 unspecified atom stereocenters. The van der Waals surface area contributed by atoms with E-state index in [-0.39, 0.29) is 6.10 Å². The Bertz CT molecular complexity index is 421. The molecule has 1 aromatic carbocycles. The molecule has 0 N–H and O–H groups in total. The highest BCUT2D eigenvalue weighted by atomic mass is 35.5. The lowest BCUT2D eigenvalue weighted by molar-refractivity contribution is 0.210. The van der Waals surface area contributed by atoms with Gasteiger partial charge in [-0.25, -0.2) is 4.79 Å². The van der Waals surface area contributed by atoms with E-state index in [9.17, 15) is 4.79 Å². The van der Waals surface area contributed by atoms with E-state index in [4.69, 9.17) is 16.3 Å². The smallest absolute Gasteiger partial charge is 0.240 e. The molecule has 84 valence electrons. The van der Waals surface area contributed by atoms with Crippen LogP contribution < -0.4 is 4.74 Å². The fraction of sp³-hybridized carbons (Fsp3) is 0.417. The number of carbonyl (C=O) groups excluding carboxylic acids is 1. The van der Waals surface area contributed by atoms with E-state index in [1.54, 1.807) is 18.2 Å². The summed E-state index contributed by atoms with van der Waals surface area (Å²) >= 11 is 6.03. The summed E-state index contributed by atoms with van der Waals surface area (Å²) in [4.78, 5) is 13.6. The third-order valence-corrected chi connectivity index (χ3v) is 2.98. The molecule has 1 fully saturated rings. The van der Waals surface area contributed by atoms with Gasteiger partial charge in [-0.3, -0.25) is 0 Å². The van der Waals surface area contributed by atoms with Gasteiger partial charge in [0.2, 0.25) is 6.08 Å². The number of hydrogen-bond acceptors (Lipinski definition) is 3. The van der Waals surface area contributed by atoms with Crippen molar-refractivity contribution in [3.05, 3.63) is 23.2 Å². The number of hydrogen-bond donors (Lipinski definition) is 0. The molecule has 0 amide bonds. The maximum atomic E-state index is 10.1. The molecule has 0 bridgehead atoms. The molecule has 0 radical (unpaired) electrons. The predicted molar refractivity (Wildman–Crippen MR) is 62.1 cm³/mol. The van der Waals surface area contributed by atoms with Gasteiger partial charge in [0, 0.05) is 0 Å². The molecule has 0 spiro atoms. The summed E-state index contributed by atoms with van der Waals surface area (Å²) in [5, 5.41) is 0.489. The molecule has 1 aromatic rings. The fourth-order valence-electron chi connectivity index (χ4n) is 1.89. The van der Waals surface area contributed by atoms with E-state index >= 15 is 0 Å². The maximum absolute atomic E-state index is 10.1. The lowest BCUT2D eigenvalue weighted by atomic mass is 10.3. The lowest BCUT2D eigenvalue weighted by Gasteiger charge is -2.14. The first kappa shape index (κ1) is 11.2. The predicted octanol–water partition coefficient (Wildman–Crippen LogP) is 3.63. The summed E-state index contributed by atoms with van der Waals surface area (Å²) in [6.45, 7) is 0. The number of rotatable bonds is 3. The zero-order valence-corrected chi connectivity index (χ0v) is 9.54. The van der Waals surface area contributed by atoms with Gasteiger partial charge in [-0.2, -0.15) is 4.99 Å². The van der Waals surface area contributed by atoms with Crippen molar-refractivity contribution in [2.24, 2.45) is 4.99 Å². The quantitative estimate of drug-likeness (QED) is 0.595. The molecule has 4 heteroatoms. The molecule has 0 heterocycles. The van der Waals surface area contributed by atoms with Crippen LogP contribution in [-0.2, 0) is 4.79 Å². The molecule has 0 aromatic heterocycles. The summed E-state index contributed by atoms with van der Waals surface area (Å²) in [5.41, 5.74) is 0.499. The van der Waals surface area contributed by atoms with Crippen LogP contribution in [-0.4, -0.2) is 12.2 Å². The summed E-state index contributed by atoms with van der Waals surface area (Å²) in [6, 6.07) is 5.05. The summed E-state index contributed by atoms with van der Waals surface area (Å²) in [7, 11) is 0. The first-order chi connectivity index (χ1) is 7.79. The van der Waals surface area contributed by atoms with E-state index < -0.39 is 0 Å². The molecular formula is C12H12ClNO2. The Balaban J connectivity index is 2.12. The van der Waals surface area contributed by atoms with Crippen molar-refractivity contribution < 1.29 is 9.53 Å². The number of ether oxygens (including phenoxy) is 1. The van der Waals surface area contributed by atoms with E-state index in [1.165, 1.54) is 18.9 Å². The normalized spacial score (nSPS) is 15.8. The number of benzene rings is 1.